The van der Waals surface area contributed by atoms with Crippen molar-refractivity contribution < 1.29 is 14.3 Å². The summed E-state index contributed by atoms with van der Waals surface area (Å²) in [6, 6.07) is 13.8. The normalized spacial score (nSPS) is 18.6. The van der Waals surface area contributed by atoms with E-state index in [2.05, 4.69) is 10.2 Å². The SMILES string of the molecule is COc1ccc2c(c1)OCC(CNC(=O)c1ccccc1N1CCCC1)C2. The number of fused-ring (bicyclic) bond motifs is 1. The molecule has 1 N–H and O–H groups in total. The van der Waals surface area contributed by atoms with Crippen LogP contribution in [0.5, 0.6) is 11.5 Å². The number of benzene rings is 2. The molecular weight excluding hydrogens is 340 g/mol. The van der Waals surface area contributed by atoms with E-state index >= 15 is 0 Å². The minimum Gasteiger partial charge on any atom is -0.497 e. The quantitative estimate of drug-likeness (QED) is 0.882. The average molecular weight is 366 g/mol. The Morgan fingerprint density at radius 3 is 2.85 bits per heavy atom. The number of hydrogen-bond acceptors (Lipinski definition) is 4. The molecule has 5 heteroatoms. The van der Waals surface area contributed by atoms with Crippen LogP contribution in [0.4, 0.5) is 5.69 Å². The molecule has 1 fully saturated rings. The highest BCUT2D eigenvalue weighted by Gasteiger charge is 2.23. The smallest absolute Gasteiger partial charge is 0.253 e. The van der Waals surface area contributed by atoms with Crippen LogP contribution in [-0.2, 0) is 6.42 Å². The van der Waals surface area contributed by atoms with Crippen LogP contribution < -0.4 is 19.7 Å². The zero-order valence-corrected chi connectivity index (χ0v) is 15.7. The highest BCUT2D eigenvalue weighted by Crippen LogP contribution is 2.31. The number of rotatable bonds is 5. The van der Waals surface area contributed by atoms with Crippen LogP contribution in [0, 0.1) is 5.92 Å². The summed E-state index contributed by atoms with van der Waals surface area (Å²) in [5.41, 5.74) is 2.98. The van der Waals surface area contributed by atoms with Crippen molar-refractivity contribution in [3.05, 3.63) is 53.6 Å². The Bertz CT molecular complexity index is 815. The van der Waals surface area contributed by atoms with Crippen molar-refractivity contribution in [2.75, 3.05) is 38.3 Å². The van der Waals surface area contributed by atoms with E-state index in [4.69, 9.17) is 9.47 Å². The summed E-state index contributed by atoms with van der Waals surface area (Å²) in [6.07, 6.45) is 3.28. The first-order valence-electron chi connectivity index (χ1n) is 9.66. The van der Waals surface area contributed by atoms with Crippen LogP contribution in [0.2, 0.25) is 0 Å². The Morgan fingerprint density at radius 1 is 1.22 bits per heavy atom. The number of carbonyl (C=O) groups is 1. The van der Waals surface area contributed by atoms with Gasteiger partial charge in [-0.1, -0.05) is 18.2 Å². The summed E-state index contributed by atoms with van der Waals surface area (Å²) in [5.74, 6) is 1.96. The third-order valence-electron chi connectivity index (χ3n) is 5.40. The number of anilines is 1. The average Bonchev–Trinajstić information content (AvgIpc) is 3.26. The zero-order chi connectivity index (χ0) is 18.6. The molecule has 5 nitrogen and oxygen atoms in total. The highest BCUT2D eigenvalue weighted by atomic mass is 16.5. The predicted octanol–water partition coefficient (Wildman–Crippen LogP) is 3.28. The Kier molecular flexibility index (Phi) is 5.19. The fourth-order valence-electron chi connectivity index (χ4n) is 3.91. The first-order chi connectivity index (χ1) is 13.2. The van der Waals surface area contributed by atoms with Gasteiger partial charge in [0, 0.05) is 37.3 Å². The summed E-state index contributed by atoms with van der Waals surface area (Å²) in [5, 5.41) is 3.12. The summed E-state index contributed by atoms with van der Waals surface area (Å²) < 4.78 is 11.1. The van der Waals surface area contributed by atoms with Gasteiger partial charge in [-0.2, -0.15) is 0 Å². The second-order valence-electron chi connectivity index (χ2n) is 7.28. The lowest BCUT2D eigenvalue weighted by Gasteiger charge is -2.26. The van der Waals surface area contributed by atoms with E-state index in [0.717, 1.165) is 42.3 Å². The molecule has 142 valence electrons. The molecule has 2 heterocycles. The van der Waals surface area contributed by atoms with E-state index in [1.165, 1.54) is 18.4 Å². The molecule has 0 aromatic heterocycles. The van der Waals surface area contributed by atoms with Crippen LogP contribution in [-0.4, -0.2) is 39.3 Å². The van der Waals surface area contributed by atoms with Crippen molar-refractivity contribution in [2.24, 2.45) is 5.92 Å². The van der Waals surface area contributed by atoms with E-state index in [1.54, 1.807) is 7.11 Å². The number of nitrogens with zero attached hydrogens (tertiary/aromatic N) is 1. The van der Waals surface area contributed by atoms with Gasteiger partial charge in [-0.25, -0.2) is 0 Å². The Hall–Kier alpha value is -2.69. The number of methoxy groups -OCH3 is 1. The zero-order valence-electron chi connectivity index (χ0n) is 15.7. The van der Waals surface area contributed by atoms with Crippen LogP contribution >= 0.6 is 0 Å². The Labute approximate surface area is 160 Å². The van der Waals surface area contributed by atoms with Crippen molar-refractivity contribution in [1.29, 1.82) is 0 Å². The third-order valence-corrected chi connectivity index (χ3v) is 5.40. The predicted molar refractivity (Wildman–Crippen MR) is 106 cm³/mol. The molecule has 0 spiro atoms. The van der Waals surface area contributed by atoms with Crippen molar-refractivity contribution >= 4 is 11.6 Å². The van der Waals surface area contributed by atoms with Crippen LogP contribution in [0.15, 0.2) is 42.5 Å². The van der Waals surface area contributed by atoms with E-state index in [-0.39, 0.29) is 11.8 Å². The topological polar surface area (TPSA) is 50.8 Å². The second kappa shape index (κ2) is 7.91. The maximum atomic E-state index is 12.8. The number of nitrogens with one attached hydrogen (secondary N) is 1. The molecule has 2 aromatic rings. The number of para-hydroxylation sites is 1. The van der Waals surface area contributed by atoms with Crippen LogP contribution in [0.25, 0.3) is 0 Å². The van der Waals surface area contributed by atoms with Gasteiger partial charge in [0.15, 0.2) is 0 Å². The molecule has 4 rings (SSSR count). The van der Waals surface area contributed by atoms with Gasteiger partial charge in [-0.15, -0.1) is 0 Å². The summed E-state index contributed by atoms with van der Waals surface area (Å²) in [4.78, 5) is 15.1. The number of hydrogen-bond donors (Lipinski definition) is 1. The van der Waals surface area contributed by atoms with Gasteiger partial charge in [0.25, 0.3) is 5.91 Å². The first-order valence-corrected chi connectivity index (χ1v) is 9.66. The molecule has 0 bridgehead atoms. The fourth-order valence-corrected chi connectivity index (χ4v) is 3.91. The molecular formula is C22H26N2O3. The standard InChI is InChI=1S/C22H26N2O3/c1-26-18-9-8-17-12-16(15-27-21(17)13-18)14-23-22(25)19-6-2-3-7-20(19)24-10-4-5-11-24/h2-3,6-9,13,16H,4-5,10-12,14-15H2,1H3,(H,23,25). The van der Waals surface area contributed by atoms with Gasteiger partial charge in [-0.3, -0.25) is 4.79 Å². The Morgan fingerprint density at radius 2 is 2.04 bits per heavy atom. The molecule has 1 saturated heterocycles. The third kappa shape index (κ3) is 3.87. The van der Waals surface area contributed by atoms with Crippen LogP contribution in [0.3, 0.4) is 0 Å². The molecule has 27 heavy (non-hydrogen) atoms. The van der Waals surface area contributed by atoms with Crippen molar-refractivity contribution in [3.8, 4) is 11.5 Å². The molecule has 2 aromatic carbocycles. The molecule has 1 unspecified atom stereocenters. The molecule has 2 aliphatic rings. The summed E-state index contributed by atoms with van der Waals surface area (Å²) in [6.45, 7) is 3.27. The monoisotopic (exact) mass is 366 g/mol. The second-order valence-corrected chi connectivity index (χ2v) is 7.28. The van der Waals surface area contributed by atoms with Gasteiger partial charge in [0.1, 0.15) is 11.5 Å². The van der Waals surface area contributed by atoms with Gasteiger partial charge < -0.3 is 19.7 Å². The molecule has 2 aliphatic heterocycles. The van der Waals surface area contributed by atoms with E-state index in [9.17, 15) is 4.79 Å². The maximum absolute atomic E-state index is 12.8. The van der Waals surface area contributed by atoms with Crippen LogP contribution in [0.1, 0.15) is 28.8 Å². The Balaban J connectivity index is 1.39. The number of ether oxygens (including phenoxy) is 2. The lowest BCUT2D eigenvalue weighted by molar-refractivity contribution is 0.0939. The minimum absolute atomic E-state index is 0.00183. The minimum atomic E-state index is -0.00183. The van der Waals surface area contributed by atoms with Crippen molar-refractivity contribution in [1.82, 2.24) is 5.32 Å². The first kappa shape index (κ1) is 17.7. The number of carbonyl (C=O) groups excluding carboxylic acids is 1. The van der Waals surface area contributed by atoms with Gasteiger partial charge in [-0.05, 0) is 43.0 Å². The van der Waals surface area contributed by atoms with E-state index < -0.39 is 0 Å². The fraction of sp³-hybridized carbons (Fsp3) is 0.409. The largest absolute Gasteiger partial charge is 0.497 e. The summed E-state index contributed by atoms with van der Waals surface area (Å²) >= 11 is 0. The van der Waals surface area contributed by atoms with E-state index in [0.29, 0.717) is 13.2 Å². The maximum Gasteiger partial charge on any atom is 0.253 e. The van der Waals surface area contributed by atoms with Crippen molar-refractivity contribution in [2.45, 2.75) is 19.3 Å². The lowest BCUT2D eigenvalue weighted by Crippen LogP contribution is -2.35. The van der Waals surface area contributed by atoms with Crippen molar-refractivity contribution in [3.63, 3.8) is 0 Å². The van der Waals surface area contributed by atoms with E-state index in [1.807, 2.05) is 42.5 Å². The molecule has 0 radical (unpaired) electrons. The summed E-state index contributed by atoms with van der Waals surface area (Å²) in [7, 11) is 1.66. The molecule has 0 aliphatic carbocycles. The highest BCUT2D eigenvalue weighted by molar-refractivity contribution is 5.99. The lowest BCUT2D eigenvalue weighted by atomic mass is 9.96. The molecule has 1 atom stereocenters. The molecule has 1 amide bonds. The van der Waals surface area contributed by atoms with Gasteiger partial charge in [0.2, 0.25) is 0 Å². The molecule has 0 saturated carbocycles. The van der Waals surface area contributed by atoms with Gasteiger partial charge >= 0.3 is 0 Å². The van der Waals surface area contributed by atoms with Gasteiger partial charge in [0.05, 0.1) is 19.3 Å². The number of amides is 1.